The molecule has 2 rings (SSSR count). The van der Waals surface area contributed by atoms with Gasteiger partial charge < -0.3 is 9.63 Å². The smallest absolute Gasteiger partial charge is 0.358 e. The molecule has 0 aromatic carbocycles. The fraction of sp³-hybridized carbons (Fsp3) is 0.636. The zero-order chi connectivity index (χ0) is 11.0. The molecule has 1 fully saturated rings. The second-order valence-electron chi connectivity index (χ2n) is 4.40. The van der Waals surface area contributed by atoms with Crippen LogP contribution in [0.1, 0.15) is 66.8 Å². The molecule has 4 nitrogen and oxygen atoms in total. The van der Waals surface area contributed by atoms with Crippen molar-refractivity contribution >= 4 is 5.97 Å². The van der Waals surface area contributed by atoms with E-state index in [9.17, 15) is 4.79 Å². The average Bonchev–Trinajstić information content (AvgIpc) is 2.45. The van der Waals surface area contributed by atoms with Gasteiger partial charge in [-0.05, 0) is 18.8 Å². The minimum atomic E-state index is -0.993. The van der Waals surface area contributed by atoms with Crippen LogP contribution in [0.3, 0.4) is 0 Å². The number of carboxylic acid groups (broad SMARTS) is 1. The van der Waals surface area contributed by atoms with Gasteiger partial charge in [0, 0.05) is 11.5 Å². The van der Waals surface area contributed by atoms with Gasteiger partial charge in [0.1, 0.15) is 5.76 Å². The summed E-state index contributed by atoms with van der Waals surface area (Å²) in [7, 11) is 0. The first kappa shape index (κ1) is 10.2. The lowest BCUT2D eigenvalue weighted by molar-refractivity contribution is 0.0684. The number of rotatable bonds is 3. The van der Waals surface area contributed by atoms with Crippen LogP contribution < -0.4 is 0 Å². The lowest BCUT2D eigenvalue weighted by Crippen LogP contribution is -2.12. The molecule has 82 valence electrons. The molecule has 0 aliphatic heterocycles. The van der Waals surface area contributed by atoms with Crippen LogP contribution in [-0.2, 0) is 0 Å². The molecule has 1 aliphatic rings. The molecule has 0 spiro atoms. The lowest BCUT2D eigenvalue weighted by Gasteiger charge is -2.24. The molecule has 0 bridgehead atoms. The Hall–Kier alpha value is -1.32. The Morgan fingerprint density at radius 2 is 2.20 bits per heavy atom. The van der Waals surface area contributed by atoms with Gasteiger partial charge in [0.2, 0.25) is 0 Å². The normalized spacial score (nSPS) is 16.7. The third-order valence-electron chi connectivity index (χ3n) is 3.01. The van der Waals surface area contributed by atoms with Crippen molar-refractivity contribution < 1.29 is 14.4 Å². The van der Waals surface area contributed by atoms with E-state index in [0.29, 0.717) is 5.92 Å². The molecule has 4 heteroatoms. The maximum Gasteiger partial charge on any atom is 0.358 e. The van der Waals surface area contributed by atoms with E-state index in [0.717, 1.165) is 24.2 Å². The molecule has 15 heavy (non-hydrogen) atoms. The number of nitrogens with zero attached hydrogens (tertiary/aromatic N) is 1. The Bertz CT molecular complexity index is 377. The van der Waals surface area contributed by atoms with Crippen molar-refractivity contribution in [2.24, 2.45) is 0 Å². The Kier molecular flexibility index (Phi) is 2.50. The molecule has 0 saturated heterocycles. The number of hydrogen-bond acceptors (Lipinski definition) is 3. The molecular weight excluding hydrogens is 194 g/mol. The molecule has 1 heterocycles. The van der Waals surface area contributed by atoms with Crippen molar-refractivity contribution in [2.45, 2.75) is 44.9 Å². The van der Waals surface area contributed by atoms with Crippen LogP contribution in [0, 0.1) is 0 Å². The van der Waals surface area contributed by atoms with E-state index in [4.69, 9.17) is 9.63 Å². The molecule has 1 saturated carbocycles. The Morgan fingerprint density at radius 3 is 2.60 bits per heavy atom. The summed E-state index contributed by atoms with van der Waals surface area (Å²) in [5.41, 5.74) is 0.874. The van der Waals surface area contributed by atoms with E-state index < -0.39 is 5.97 Å². The van der Waals surface area contributed by atoms with Gasteiger partial charge in [0.15, 0.2) is 5.69 Å². The van der Waals surface area contributed by atoms with Gasteiger partial charge in [-0.1, -0.05) is 25.4 Å². The number of hydrogen-bond donors (Lipinski definition) is 1. The first-order valence-electron chi connectivity index (χ1n) is 5.34. The van der Waals surface area contributed by atoms with Crippen LogP contribution in [-0.4, -0.2) is 16.2 Å². The Morgan fingerprint density at radius 1 is 1.53 bits per heavy atom. The van der Waals surface area contributed by atoms with Crippen molar-refractivity contribution in [2.75, 3.05) is 0 Å². The third-order valence-corrected chi connectivity index (χ3v) is 3.01. The highest BCUT2D eigenvalue weighted by molar-refractivity contribution is 5.87. The van der Waals surface area contributed by atoms with Gasteiger partial charge in [-0.15, -0.1) is 0 Å². The van der Waals surface area contributed by atoms with Gasteiger partial charge in [-0.25, -0.2) is 4.79 Å². The maximum absolute atomic E-state index is 10.9. The molecule has 0 unspecified atom stereocenters. The number of aromatic carboxylic acids is 1. The molecule has 1 N–H and O–H groups in total. The number of aromatic nitrogens is 1. The van der Waals surface area contributed by atoms with Crippen molar-refractivity contribution in [3.8, 4) is 0 Å². The minimum Gasteiger partial charge on any atom is -0.476 e. The van der Waals surface area contributed by atoms with Crippen molar-refractivity contribution in [3.05, 3.63) is 17.0 Å². The predicted octanol–water partition coefficient (Wildman–Crippen LogP) is 2.76. The first-order valence-corrected chi connectivity index (χ1v) is 5.34. The molecule has 0 amide bonds. The summed E-state index contributed by atoms with van der Waals surface area (Å²) < 4.78 is 5.19. The zero-order valence-corrected chi connectivity index (χ0v) is 8.99. The summed E-state index contributed by atoms with van der Waals surface area (Å²) >= 11 is 0. The topological polar surface area (TPSA) is 63.3 Å². The van der Waals surface area contributed by atoms with Crippen LogP contribution in [0.2, 0.25) is 0 Å². The van der Waals surface area contributed by atoms with Crippen LogP contribution in [0.4, 0.5) is 0 Å². The molecular formula is C11H15NO3. The van der Waals surface area contributed by atoms with Crippen molar-refractivity contribution in [1.29, 1.82) is 0 Å². The molecule has 1 aromatic heterocycles. The minimum absolute atomic E-state index is 0.0897. The molecule has 1 aliphatic carbocycles. The quantitative estimate of drug-likeness (QED) is 0.831. The van der Waals surface area contributed by atoms with Crippen LogP contribution in [0.5, 0.6) is 0 Å². The summed E-state index contributed by atoms with van der Waals surface area (Å²) in [6.07, 6.45) is 3.38. The summed E-state index contributed by atoms with van der Waals surface area (Å²) in [5, 5.41) is 12.6. The summed E-state index contributed by atoms with van der Waals surface area (Å²) in [4.78, 5) is 10.9. The van der Waals surface area contributed by atoms with E-state index in [2.05, 4.69) is 5.16 Å². The molecule has 0 radical (unpaired) electrons. The highest BCUT2D eigenvalue weighted by Crippen LogP contribution is 2.40. The third kappa shape index (κ3) is 1.64. The van der Waals surface area contributed by atoms with E-state index in [1.807, 2.05) is 13.8 Å². The Labute approximate surface area is 88.3 Å². The van der Waals surface area contributed by atoms with E-state index in [1.54, 1.807) is 0 Å². The predicted molar refractivity (Wildman–Crippen MR) is 54.1 cm³/mol. The SMILES string of the molecule is CC(C)c1c(C(=O)O)noc1C1CCC1. The number of carboxylic acids is 1. The number of carbonyl (C=O) groups is 1. The van der Waals surface area contributed by atoms with Gasteiger partial charge in [-0.2, -0.15) is 0 Å². The van der Waals surface area contributed by atoms with Gasteiger partial charge >= 0.3 is 5.97 Å². The van der Waals surface area contributed by atoms with Crippen molar-refractivity contribution in [3.63, 3.8) is 0 Å². The average molecular weight is 209 g/mol. The van der Waals surface area contributed by atoms with Crippen molar-refractivity contribution in [1.82, 2.24) is 5.16 Å². The fourth-order valence-corrected chi connectivity index (χ4v) is 1.99. The second kappa shape index (κ2) is 3.68. The van der Waals surface area contributed by atoms with Gasteiger partial charge in [0.25, 0.3) is 0 Å². The fourth-order valence-electron chi connectivity index (χ4n) is 1.99. The maximum atomic E-state index is 10.9. The lowest BCUT2D eigenvalue weighted by atomic mass is 9.80. The van der Waals surface area contributed by atoms with Crippen LogP contribution in [0.15, 0.2) is 4.52 Å². The standard InChI is InChI=1S/C11H15NO3/c1-6(2)8-9(11(13)14)12-15-10(8)7-4-3-5-7/h6-7H,3-5H2,1-2H3,(H,13,14). The van der Waals surface area contributed by atoms with E-state index in [-0.39, 0.29) is 11.6 Å². The molecule has 0 atom stereocenters. The summed E-state index contributed by atoms with van der Waals surface area (Å²) in [6, 6.07) is 0. The first-order chi connectivity index (χ1) is 7.11. The summed E-state index contributed by atoms with van der Waals surface area (Å²) in [6.45, 7) is 3.95. The summed E-state index contributed by atoms with van der Waals surface area (Å²) in [5.74, 6) is 0.350. The highest BCUT2D eigenvalue weighted by Gasteiger charge is 2.31. The monoisotopic (exact) mass is 209 g/mol. The highest BCUT2D eigenvalue weighted by atomic mass is 16.5. The van der Waals surface area contributed by atoms with Gasteiger partial charge in [0.05, 0.1) is 0 Å². The van der Waals surface area contributed by atoms with Crippen LogP contribution >= 0.6 is 0 Å². The zero-order valence-electron chi connectivity index (χ0n) is 8.99. The molecule has 1 aromatic rings. The second-order valence-corrected chi connectivity index (χ2v) is 4.40. The Balaban J connectivity index is 2.41. The van der Waals surface area contributed by atoms with E-state index >= 15 is 0 Å². The van der Waals surface area contributed by atoms with Gasteiger partial charge in [-0.3, -0.25) is 0 Å². The van der Waals surface area contributed by atoms with Crippen LogP contribution in [0.25, 0.3) is 0 Å². The van der Waals surface area contributed by atoms with E-state index in [1.165, 1.54) is 6.42 Å². The largest absolute Gasteiger partial charge is 0.476 e.